The van der Waals surface area contributed by atoms with E-state index in [1.54, 1.807) is 12.0 Å². The van der Waals surface area contributed by atoms with E-state index in [1.807, 2.05) is 78.9 Å². The van der Waals surface area contributed by atoms with E-state index in [0.29, 0.717) is 16.5 Å². The Kier molecular flexibility index (Phi) is 4.52. The van der Waals surface area contributed by atoms with Crippen molar-refractivity contribution in [3.8, 4) is 5.75 Å². The molecule has 0 aliphatic carbocycles. The molecule has 0 unspecified atom stereocenters. The second-order valence-corrected chi connectivity index (χ2v) is 7.39. The number of carbonyl (C=O) groups excluding carboxylic acids is 1. The maximum absolute atomic E-state index is 13.5. The number of amides is 1. The molecule has 1 amide bonds. The predicted octanol–water partition coefficient (Wildman–Crippen LogP) is 5.67. The number of nitrogens with one attached hydrogen (secondary N) is 1. The van der Waals surface area contributed by atoms with Gasteiger partial charge in [-0.15, -0.1) is 0 Å². The van der Waals surface area contributed by atoms with E-state index < -0.39 is 6.17 Å². The summed E-state index contributed by atoms with van der Waals surface area (Å²) in [7, 11) is 1.61. The van der Waals surface area contributed by atoms with Crippen molar-refractivity contribution < 1.29 is 9.53 Å². The molecule has 1 atom stereocenters. The average molecular weight is 416 g/mol. The molecule has 0 saturated carbocycles. The molecule has 2 heterocycles. The van der Waals surface area contributed by atoms with Crippen LogP contribution in [0.1, 0.15) is 22.1 Å². The van der Waals surface area contributed by atoms with Gasteiger partial charge in [-0.2, -0.15) is 0 Å². The maximum Gasteiger partial charge on any atom is 0.262 e. The molecular formula is C24H18ClN3O2. The minimum atomic E-state index is -0.499. The van der Waals surface area contributed by atoms with Crippen molar-refractivity contribution in [2.75, 3.05) is 17.3 Å². The van der Waals surface area contributed by atoms with Gasteiger partial charge in [0.1, 0.15) is 17.1 Å². The molecule has 1 aliphatic rings. The van der Waals surface area contributed by atoms with Crippen molar-refractivity contribution in [2.24, 2.45) is 0 Å². The van der Waals surface area contributed by atoms with Crippen LogP contribution in [0.25, 0.3) is 10.9 Å². The van der Waals surface area contributed by atoms with Gasteiger partial charge < -0.3 is 10.1 Å². The fourth-order valence-electron chi connectivity index (χ4n) is 3.78. The zero-order valence-electron chi connectivity index (χ0n) is 16.2. The topological polar surface area (TPSA) is 54.5 Å². The summed E-state index contributed by atoms with van der Waals surface area (Å²) < 4.78 is 5.29. The normalized spacial score (nSPS) is 15.6. The van der Waals surface area contributed by atoms with E-state index in [0.717, 1.165) is 27.8 Å². The summed E-state index contributed by atoms with van der Waals surface area (Å²) in [6.07, 6.45) is -0.499. The smallest absolute Gasteiger partial charge is 0.262 e. The van der Waals surface area contributed by atoms with Gasteiger partial charge in [0.2, 0.25) is 0 Å². The number of benzene rings is 3. The largest absolute Gasteiger partial charge is 0.497 e. The lowest BCUT2D eigenvalue weighted by Gasteiger charge is -2.38. The van der Waals surface area contributed by atoms with Crippen LogP contribution in [0.5, 0.6) is 5.75 Å². The van der Waals surface area contributed by atoms with Crippen LogP contribution in [0, 0.1) is 0 Å². The summed E-state index contributed by atoms with van der Waals surface area (Å²) >= 11 is 6.63. The molecule has 0 bridgehead atoms. The number of aromatic nitrogens is 1. The number of rotatable bonds is 3. The number of methoxy groups -OCH3 is 1. The SMILES string of the molecule is COc1ccc2cc([C@@H]3Nc4ccccc4C(=O)N3c3ccccc3)c(Cl)nc2c1. The number of ether oxygens (including phenoxy) is 1. The first-order valence-electron chi connectivity index (χ1n) is 9.54. The molecule has 0 fully saturated rings. The number of anilines is 2. The minimum absolute atomic E-state index is 0.0913. The highest BCUT2D eigenvalue weighted by Crippen LogP contribution is 2.39. The molecule has 1 N–H and O–H groups in total. The molecule has 30 heavy (non-hydrogen) atoms. The number of halogens is 1. The molecule has 5 nitrogen and oxygen atoms in total. The van der Waals surface area contributed by atoms with Crippen LogP contribution >= 0.6 is 11.6 Å². The number of hydrogen-bond donors (Lipinski definition) is 1. The average Bonchev–Trinajstić information content (AvgIpc) is 2.78. The first kappa shape index (κ1) is 18.5. The van der Waals surface area contributed by atoms with Crippen molar-refractivity contribution in [2.45, 2.75) is 6.17 Å². The van der Waals surface area contributed by atoms with Crippen molar-refractivity contribution in [3.05, 3.63) is 95.1 Å². The summed E-state index contributed by atoms with van der Waals surface area (Å²) in [6.45, 7) is 0. The van der Waals surface area contributed by atoms with Gasteiger partial charge in [-0.3, -0.25) is 9.69 Å². The van der Waals surface area contributed by atoms with E-state index in [1.165, 1.54) is 0 Å². The van der Waals surface area contributed by atoms with Gasteiger partial charge in [0.25, 0.3) is 5.91 Å². The molecule has 0 radical (unpaired) electrons. The molecule has 4 aromatic rings. The van der Waals surface area contributed by atoms with Gasteiger partial charge in [0.05, 0.1) is 18.2 Å². The van der Waals surface area contributed by atoms with Crippen LogP contribution in [-0.4, -0.2) is 18.0 Å². The van der Waals surface area contributed by atoms with Crippen LogP contribution in [0.3, 0.4) is 0 Å². The van der Waals surface area contributed by atoms with Crippen LogP contribution in [0.2, 0.25) is 5.15 Å². The number of para-hydroxylation sites is 2. The van der Waals surface area contributed by atoms with E-state index in [9.17, 15) is 4.79 Å². The van der Waals surface area contributed by atoms with Gasteiger partial charge in [-0.05, 0) is 42.5 Å². The Labute approximate surface area is 178 Å². The van der Waals surface area contributed by atoms with Crippen LogP contribution in [0.4, 0.5) is 11.4 Å². The number of carbonyl (C=O) groups is 1. The van der Waals surface area contributed by atoms with Crippen LogP contribution in [-0.2, 0) is 0 Å². The Morgan fingerprint density at radius 1 is 1.00 bits per heavy atom. The molecule has 3 aromatic carbocycles. The zero-order valence-corrected chi connectivity index (χ0v) is 16.9. The molecule has 0 spiro atoms. The number of fused-ring (bicyclic) bond motifs is 2. The second-order valence-electron chi connectivity index (χ2n) is 7.03. The van der Waals surface area contributed by atoms with Gasteiger partial charge in [0.15, 0.2) is 0 Å². The Balaban J connectivity index is 1.69. The first-order chi connectivity index (χ1) is 14.7. The minimum Gasteiger partial charge on any atom is -0.497 e. The van der Waals surface area contributed by atoms with Crippen molar-refractivity contribution >= 4 is 39.8 Å². The highest BCUT2D eigenvalue weighted by atomic mass is 35.5. The Hall–Kier alpha value is -3.57. The predicted molar refractivity (Wildman–Crippen MR) is 119 cm³/mol. The first-order valence-corrected chi connectivity index (χ1v) is 9.92. The molecule has 148 valence electrons. The quantitative estimate of drug-likeness (QED) is 0.438. The summed E-state index contributed by atoms with van der Waals surface area (Å²) in [5, 5.41) is 4.72. The van der Waals surface area contributed by atoms with Gasteiger partial charge in [0, 0.05) is 28.4 Å². The molecule has 1 aromatic heterocycles. The van der Waals surface area contributed by atoms with Crippen molar-refractivity contribution in [3.63, 3.8) is 0 Å². The lowest BCUT2D eigenvalue weighted by Crippen LogP contribution is -2.43. The number of hydrogen-bond acceptors (Lipinski definition) is 4. The maximum atomic E-state index is 13.5. The highest BCUT2D eigenvalue weighted by Gasteiger charge is 2.35. The fraction of sp³-hybridized carbons (Fsp3) is 0.0833. The molecule has 0 saturated heterocycles. The van der Waals surface area contributed by atoms with Crippen LogP contribution < -0.4 is 15.0 Å². The van der Waals surface area contributed by atoms with Gasteiger partial charge >= 0.3 is 0 Å². The lowest BCUT2D eigenvalue weighted by atomic mass is 10.0. The number of pyridine rings is 1. The van der Waals surface area contributed by atoms with Crippen molar-refractivity contribution in [1.82, 2.24) is 4.98 Å². The Bertz CT molecular complexity index is 1260. The molecular weight excluding hydrogens is 398 g/mol. The summed E-state index contributed by atoms with van der Waals surface area (Å²) in [6, 6.07) is 24.7. The third kappa shape index (κ3) is 3.04. The lowest BCUT2D eigenvalue weighted by molar-refractivity contribution is 0.0975. The Morgan fingerprint density at radius 3 is 2.57 bits per heavy atom. The van der Waals surface area contributed by atoms with E-state index in [-0.39, 0.29) is 5.91 Å². The zero-order chi connectivity index (χ0) is 20.7. The molecule has 1 aliphatic heterocycles. The van der Waals surface area contributed by atoms with Gasteiger partial charge in [-0.25, -0.2) is 4.98 Å². The second kappa shape index (κ2) is 7.35. The van der Waals surface area contributed by atoms with Gasteiger partial charge in [-0.1, -0.05) is 41.9 Å². The third-order valence-corrected chi connectivity index (χ3v) is 5.56. The van der Waals surface area contributed by atoms with E-state index in [2.05, 4.69) is 10.3 Å². The fourth-order valence-corrected chi connectivity index (χ4v) is 4.03. The van der Waals surface area contributed by atoms with E-state index >= 15 is 0 Å². The standard InChI is InChI=1S/C24H18ClN3O2/c1-30-17-12-11-15-13-19(22(25)26-21(15)14-17)23-27-20-10-6-5-9-18(20)24(29)28(23)16-7-3-2-4-8-16/h2-14,23,27H,1H3/t23-/m1/s1. The highest BCUT2D eigenvalue weighted by molar-refractivity contribution is 6.31. The Morgan fingerprint density at radius 2 is 1.77 bits per heavy atom. The van der Waals surface area contributed by atoms with Crippen molar-refractivity contribution in [1.29, 1.82) is 0 Å². The summed E-state index contributed by atoms with van der Waals surface area (Å²) in [4.78, 5) is 19.8. The van der Waals surface area contributed by atoms with E-state index in [4.69, 9.17) is 16.3 Å². The molecule has 6 heteroatoms. The monoisotopic (exact) mass is 415 g/mol. The summed E-state index contributed by atoms with van der Waals surface area (Å²) in [5.74, 6) is 0.621. The number of nitrogens with zero attached hydrogens (tertiary/aromatic N) is 2. The molecule has 5 rings (SSSR count). The summed E-state index contributed by atoms with van der Waals surface area (Å²) in [5.41, 5.74) is 3.62. The van der Waals surface area contributed by atoms with Crippen LogP contribution in [0.15, 0.2) is 78.9 Å². The third-order valence-electron chi connectivity index (χ3n) is 5.26.